The predicted molar refractivity (Wildman–Crippen MR) is 43.5 cm³/mol. The molecule has 0 aromatic carbocycles. The second kappa shape index (κ2) is 4.04. The second-order valence-corrected chi connectivity index (χ2v) is 3.45. The van der Waals surface area contributed by atoms with E-state index < -0.39 is 0 Å². The summed E-state index contributed by atoms with van der Waals surface area (Å²) in [5.41, 5.74) is 0. The Morgan fingerprint density at radius 1 is 1.55 bits per heavy atom. The van der Waals surface area contributed by atoms with E-state index in [0.717, 1.165) is 13.2 Å². The fourth-order valence-electron chi connectivity index (χ4n) is 0.877. The topological polar surface area (TPSA) is 41.5 Å². The summed E-state index contributed by atoms with van der Waals surface area (Å²) in [6.45, 7) is 6.31. The Hall–Kier alpha value is -0.120. The summed E-state index contributed by atoms with van der Waals surface area (Å²) in [6.07, 6.45) is -0.226. The maximum absolute atomic E-state index is 9.39. The van der Waals surface area contributed by atoms with Crippen LogP contribution in [0, 0.1) is 5.92 Å². The Morgan fingerprint density at radius 2 is 2.18 bits per heavy atom. The summed E-state index contributed by atoms with van der Waals surface area (Å²) < 4.78 is 4.98. The number of rotatable bonds is 4. The van der Waals surface area contributed by atoms with Crippen molar-refractivity contribution >= 4 is 0 Å². The first-order valence-corrected chi connectivity index (χ1v) is 4.19. The molecule has 3 heteroatoms. The van der Waals surface area contributed by atoms with Gasteiger partial charge in [-0.15, -0.1) is 0 Å². The Bertz CT molecular complexity index is 113. The smallest absolute Gasteiger partial charge is 0.0687 e. The van der Waals surface area contributed by atoms with Crippen LogP contribution in [-0.2, 0) is 4.74 Å². The zero-order valence-electron chi connectivity index (χ0n) is 7.21. The van der Waals surface area contributed by atoms with E-state index in [1.165, 1.54) is 0 Å². The van der Waals surface area contributed by atoms with Crippen molar-refractivity contribution in [1.82, 2.24) is 5.32 Å². The van der Waals surface area contributed by atoms with Crippen molar-refractivity contribution in [2.45, 2.75) is 26.0 Å². The molecular weight excluding hydrogens is 142 g/mol. The lowest BCUT2D eigenvalue weighted by atomic mass is 10.1. The summed E-state index contributed by atoms with van der Waals surface area (Å²) in [7, 11) is 0. The van der Waals surface area contributed by atoms with Gasteiger partial charge in [0.25, 0.3) is 0 Å². The van der Waals surface area contributed by atoms with Gasteiger partial charge in [-0.1, -0.05) is 13.8 Å². The van der Waals surface area contributed by atoms with E-state index in [0.29, 0.717) is 18.5 Å². The second-order valence-electron chi connectivity index (χ2n) is 3.45. The zero-order valence-corrected chi connectivity index (χ0v) is 7.21. The lowest BCUT2D eigenvalue weighted by Crippen LogP contribution is -2.49. The Kier molecular flexibility index (Phi) is 3.30. The summed E-state index contributed by atoms with van der Waals surface area (Å²) >= 11 is 0. The van der Waals surface area contributed by atoms with Gasteiger partial charge in [-0.05, 0) is 5.92 Å². The maximum atomic E-state index is 9.39. The lowest BCUT2D eigenvalue weighted by Gasteiger charge is -2.28. The normalized spacial score (nSPS) is 21.8. The van der Waals surface area contributed by atoms with Crippen molar-refractivity contribution in [3.05, 3.63) is 0 Å². The van der Waals surface area contributed by atoms with Crippen LogP contribution < -0.4 is 5.32 Å². The van der Waals surface area contributed by atoms with Gasteiger partial charge in [0, 0.05) is 6.54 Å². The number of ether oxygens (including phenoxy) is 1. The summed E-state index contributed by atoms with van der Waals surface area (Å²) in [4.78, 5) is 0. The minimum Gasteiger partial charge on any atom is -0.392 e. The highest BCUT2D eigenvalue weighted by molar-refractivity contribution is 4.75. The van der Waals surface area contributed by atoms with E-state index in [1.807, 2.05) is 13.8 Å². The third kappa shape index (κ3) is 2.77. The molecule has 0 radical (unpaired) electrons. The largest absolute Gasteiger partial charge is 0.392 e. The van der Waals surface area contributed by atoms with Gasteiger partial charge in [-0.2, -0.15) is 0 Å². The molecule has 1 fully saturated rings. The number of hydrogen-bond acceptors (Lipinski definition) is 3. The molecule has 3 nitrogen and oxygen atoms in total. The molecule has 0 amide bonds. The lowest BCUT2D eigenvalue weighted by molar-refractivity contribution is -0.0119. The summed E-state index contributed by atoms with van der Waals surface area (Å²) in [6, 6.07) is 0.475. The quantitative estimate of drug-likeness (QED) is 0.606. The molecule has 0 aromatic heterocycles. The molecule has 1 aliphatic heterocycles. The standard InChI is InChI=1S/C8H17NO2/c1-6(2)8(10)3-9-7-4-11-5-7/h6-10H,3-5H2,1-2H3. The molecule has 1 rings (SSSR count). The molecule has 0 aromatic rings. The first-order valence-electron chi connectivity index (χ1n) is 4.19. The van der Waals surface area contributed by atoms with Crippen molar-refractivity contribution < 1.29 is 9.84 Å². The van der Waals surface area contributed by atoms with Crippen LogP contribution in [0.2, 0.25) is 0 Å². The van der Waals surface area contributed by atoms with Crippen LogP contribution in [0.3, 0.4) is 0 Å². The van der Waals surface area contributed by atoms with Crippen molar-refractivity contribution in [1.29, 1.82) is 0 Å². The first kappa shape index (κ1) is 8.97. The van der Waals surface area contributed by atoms with E-state index in [1.54, 1.807) is 0 Å². The molecule has 0 spiro atoms. The highest BCUT2D eigenvalue weighted by Gasteiger charge is 2.19. The fourth-order valence-corrected chi connectivity index (χ4v) is 0.877. The molecule has 11 heavy (non-hydrogen) atoms. The molecule has 1 heterocycles. The molecular formula is C8H17NO2. The van der Waals surface area contributed by atoms with Gasteiger partial charge in [0.05, 0.1) is 25.4 Å². The van der Waals surface area contributed by atoms with Crippen LogP contribution in [0.5, 0.6) is 0 Å². The van der Waals surface area contributed by atoms with Gasteiger partial charge in [0.15, 0.2) is 0 Å². The first-order chi connectivity index (χ1) is 5.20. The molecule has 1 aliphatic rings. The number of nitrogens with one attached hydrogen (secondary N) is 1. The third-order valence-electron chi connectivity index (χ3n) is 2.02. The van der Waals surface area contributed by atoms with Crippen LogP contribution in [-0.4, -0.2) is 37.0 Å². The summed E-state index contributed by atoms with van der Waals surface area (Å²) in [5, 5.41) is 12.6. The summed E-state index contributed by atoms with van der Waals surface area (Å²) in [5.74, 6) is 0.337. The van der Waals surface area contributed by atoms with E-state index in [4.69, 9.17) is 4.74 Å². The minimum absolute atomic E-state index is 0.226. The Labute approximate surface area is 67.7 Å². The Morgan fingerprint density at radius 3 is 2.55 bits per heavy atom. The van der Waals surface area contributed by atoms with Gasteiger partial charge in [-0.3, -0.25) is 0 Å². The fraction of sp³-hybridized carbons (Fsp3) is 1.00. The maximum Gasteiger partial charge on any atom is 0.0687 e. The highest BCUT2D eigenvalue weighted by atomic mass is 16.5. The molecule has 1 atom stereocenters. The van der Waals surface area contributed by atoms with E-state index >= 15 is 0 Å². The van der Waals surface area contributed by atoms with Crippen LogP contribution >= 0.6 is 0 Å². The van der Waals surface area contributed by atoms with Crippen LogP contribution in [0.4, 0.5) is 0 Å². The molecule has 1 saturated heterocycles. The molecule has 2 N–H and O–H groups in total. The highest BCUT2D eigenvalue weighted by Crippen LogP contribution is 2.02. The van der Waals surface area contributed by atoms with Crippen molar-refractivity contribution in [3.63, 3.8) is 0 Å². The zero-order chi connectivity index (χ0) is 8.27. The Balaban J connectivity index is 2.01. The SMILES string of the molecule is CC(C)C(O)CNC1COC1. The van der Waals surface area contributed by atoms with Crippen molar-refractivity contribution in [2.75, 3.05) is 19.8 Å². The van der Waals surface area contributed by atoms with Crippen LogP contribution in [0.1, 0.15) is 13.8 Å². The minimum atomic E-state index is -0.226. The van der Waals surface area contributed by atoms with Gasteiger partial charge in [0.2, 0.25) is 0 Å². The molecule has 0 saturated carbocycles. The number of hydrogen-bond donors (Lipinski definition) is 2. The monoisotopic (exact) mass is 159 g/mol. The van der Waals surface area contributed by atoms with Crippen molar-refractivity contribution in [2.24, 2.45) is 5.92 Å². The predicted octanol–water partition coefficient (Wildman–Crippen LogP) is -0.00830. The molecule has 0 bridgehead atoms. The van der Waals surface area contributed by atoms with E-state index in [2.05, 4.69) is 5.32 Å². The molecule has 66 valence electrons. The van der Waals surface area contributed by atoms with Gasteiger partial charge in [-0.25, -0.2) is 0 Å². The average Bonchev–Trinajstić information content (AvgIpc) is 1.83. The molecule has 1 unspecified atom stereocenters. The van der Waals surface area contributed by atoms with Crippen LogP contribution in [0.25, 0.3) is 0 Å². The van der Waals surface area contributed by atoms with Gasteiger partial charge in [0.1, 0.15) is 0 Å². The number of aliphatic hydroxyl groups excluding tert-OH is 1. The molecule has 0 aliphatic carbocycles. The van der Waals surface area contributed by atoms with Crippen LogP contribution in [0.15, 0.2) is 0 Å². The van der Waals surface area contributed by atoms with E-state index in [-0.39, 0.29) is 6.10 Å². The van der Waals surface area contributed by atoms with Gasteiger partial charge >= 0.3 is 0 Å². The van der Waals surface area contributed by atoms with E-state index in [9.17, 15) is 5.11 Å². The third-order valence-corrected chi connectivity index (χ3v) is 2.02. The average molecular weight is 159 g/mol. The van der Waals surface area contributed by atoms with Gasteiger partial charge < -0.3 is 15.2 Å². The number of aliphatic hydroxyl groups is 1. The van der Waals surface area contributed by atoms with Crippen molar-refractivity contribution in [3.8, 4) is 0 Å².